The fraction of sp³-hybridized carbons (Fsp3) is 0.333. The minimum atomic E-state index is -4.43. The Hall–Kier alpha value is -1.93. The van der Waals surface area contributed by atoms with Gasteiger partial charge in [-0.1, -0.05) is 11.3 Å². The molecule has 0 spiro atoms. The van der Waals surface area contributed by atoms with E-state index in [0.717, 1.165) is 12.1 Å². The van der Waals surface area contributed by atoms with Crippen LogP contribution in [0.15, 0.2) is 24.3 Å². The number of ether oxygens (including phenoxy) is 1. The Balaban J connectivity index is 2.49. The van der Waals surface area contributed by atoms with Crippen LogP contribution < -0.4 is 0 Å². The lowest BCUT2D eigenvalue weighted by atomic mass is 10.2. The number of aromatic nitrogens is 3. The van der Waals surface area contributed by atoms with E-state index in [1.165, 1.54) is 23.9 Å². The Labute approximate surface area is 112 Å². The van der Waals surface area contributed by atoms with Crippen LogP contribution in [0.5, 0.6) is 0 Å². The SMILES string of the molecule is COCc1c(CO)nnn1-c1cccc(C(F)(F)F)c1. The van der Waals surface area contributed by atoms with Crippen LogP contribution >= 0.6 is 0 Å². The van der Waals surface area contributed by atoms with Crippen molar-refractivity contribution >= 4 is 0 Å². The summed E-state index contributed by atoms with van der Waals surface area (Å²) in [6, 6.07) is 4.71. The van der Waals surface area contributed by atoms with E-state index in [9.17, 15) is 13.2 Å². The average Bonchev–Trinajstić information content (AvgIpc) is 2.81. The van der Waals surface area contributed by atoms with Gasteiger partial charge in [0, 0.05) is 7.11 Å². The van der Waals surface area contributed by atoms with Gasteiger partial charge in [0.05, 0.1) is 30.2 Å². The Morgan fingerprint density at radius 2 is 2.10 bits per heavy atom. The van der Waals surface area contributed by atoms with E-state index < -0.39 is 11.7 Å². The molecule has 1 aromatic carbocycles. The maximum absolute atomic E-state index is 12.7. The maximum atomic E-state index is 12.7. The normalized spacial score (nSPS) is 11.8. The highest BCUT2D eigenvalue weighted by Gasteiger charge is 2.30. The molecular formula is C12H12F3N3O2. The third-order valence-corrected chi connectivity index (χ3v) is 2.69. The molecule has 1 N–H and O–H groups in total. The van der Waals surface area contributed by atoms with Crippen molar-refractivity contribution in [2.75, 3.05) is 7.11 Å². The predicted molar refractivity (Wildman–Crippen MR) is 63.0 cm³/mol. The predicted octanol–water partition coefficient (Wildman–Crippen LogP) is 1.92. The highest BCUT2D eigenvalue weighted by Crippen LogP contribution is 2.30. The molecule has 0 aliphatic carbocycles. The lowest BCUT2D eigenvalue weighted by molar-refractivity contribution is -0.137. The van der Waals surface area contributed by atoms with E-state index in [4.69, 9.17) is 9.84 Å². The maximum Gasteiger partial charge on any atom is 0.416 e. The van der Waals surface area contributed by atoms with Gasteiger partial charge >= 0.3 is 6.18 Å². The smallest absolute Gasteiger partial charge is 0.390 e. The van der Waals surface area contributed by atoms with Gasteiger partial charge in [-0.25, -0.2) is 4.68 Å². The van der Waals surface area contributed by atoms with Gasteiger partial charge in [-0.05, 0) is 18.2 Å². The fourth-order valence-corrected chi connectivity index (χ4v) is 1.76. The number of alkyl halides is 3. The zero-order valence-corrected chi connectivity index (χ0v) is 10.6. The van der Waals surface area contributed by atoms with Gasteiger partial charge in [-0.15, -0.1) is 5.10 Å². The number of rotatable bonds is 4. The lowest BCUT2D eigenvalue weighted by Crippen LogP contribution is -2.09. The van der Waals surface area contributed by atoms with Gasteiger partial charge in [0.1, 0.15) is 5.69 Å². The minimum Gasteiger partial charge on any atom is -0.390 e. The first-order valence-corrected chi connectivity index (χ1v) is 5.68. The number of hydrogen-bond donors (Lipinski definition) is 1. The van der Waals surface area contributed by atoms with E-state index in [0.29, 0.717) is 5.69 Å². The first kappa shape index (κ1) is 14.5. The molecule has 0 saturated carbocycles. The van der Waals surface area contributed by atoms with Crippen molar-refractivity contribution in [2.45, 2.75) is 19.4 Å². The Morgan fingerprint density at radius 1 is 1.35 bits per heavy atom. The third kappa shape index (κ3) is 2.81. The molecule has 108 valence electrons. The number of hydrogen-bond acceptors (Lipinski definition) is 4. The topological polar surface area (TPSA) is 60.2 Å². The van der Waals surface area contributed by atoms with Crippen molar-refractivity contribution in [1.29, 1.82) is 0 Å². The molecular weight excluding hydrogens is 275 g/mol. The van der Waals surface area contributed by atoms with Crippen molar-refractivity contribution in [3.05, 3.63) is 41.2 Å². The Morgan fingerprint density at radius 3 is 2.70 bits per heavy atom. The average molecular weight is 287 g/mol. The number of benzene rings is 1. The molecule has 0 aliphatic heterocycles. The van der Waals surface area contributed by atoms with Crippen LogP contribution in [-0.2, 0) is 24.1 Å². The zero-order valence-electron chi connectivity index (χ0n) is 10.6. The molecule has 0 saturated heterocycles. The van der Waals surface area contributed by atoms with E-state index in [-0.39, 0.29) is 24.6 Å². The van der Waals surface area contributed by atoms with Gasteiger partial charge in [0.25, 0.3) is 0 Å². The summed E-state index contributed by atoms with van der Waals surface area (Å²) >= 11 is 0. The van der Waals surface area contributed by atoms with Crippen LogP contribution in [0.25, 0.3) is 5.69 Å². The molecule has 0 atom stereocenters. The van der Waals surface area contributed by atoms with Crippen LogP contribution in [0.4, 0.5) is 13.2 Å². The summed E-state index contributed by atoms with van der Waals surface area (Å²) in [5.74, 6) is 0. The van der Waals surface area contributed by atoms with Crippen LogP contribution in [0.2, 0.25) is 0 Å². The number of methoxy groups -OCH3 is 1. The molecule has 0 unspecified atom stereocenters. The van der Waals surface area contributed by atoms with Gasteiger partial charge in [0.2, 0.25) is 0 Å². The largest absolute Gasteiger partial charge is 0.416 e. The van der Waals surface area contributed by atoms with Crippen molar-refractivity contribution in [3.8, 4) is 5.69 Å². The summed E-state index contributed by atoms with van der Waals surface area (Å²) in [7, 11) is 1.44. The van der Waals surface area contributed by atoms with E-state index in [1.807, 2.05) is 0 Å². The van der Waals surface area contributed by atoms with Crippen molar-refractivity contribution < 1.29 is 23.0 Å². The standard InChI is InChI=1S/C12H12F3N3O2/c1-20-7-11-10(6-19)16-17-18(11)9-4-2-3-8(5-9)12(13,14)15/h2-5,19H,6-7H2,1H3. The van der Waals surface area contributed by atoms with Crippen LogP contribution in [-0.4, -0.2) is 27.2 Å². The second-order valence-corrected chi connectivity index (χ2v) is 4.03. The molecule has 0 aliphatic rings. The van der Waals surface area contributed by atoms with Crippen molar-refractivity contribution in [2.24, 2.45) is 0 Å². The summed E-state index contributed by atoms with van der Waals surface area (Å²) in [5, 5.41) is 16.6. The van der Waals surface area contributed by atoms with Crippen LogP contribution in [0, 0.1) is 0 Å². The molecule has 1 heterocycles. The Kier molecular flexibility index (Phi) is 4.05. The molecule has 20 heavy (non-hydrogen) atoms. The molecule has 1 aromatic heterocycles. The summed E-state index contributed by atoms with van der Waals surface area (Å²) in [5.41, 5.74) is 0.108. The number of nitrogens with zero attached hydrogens (tertiary/aromatic N) is 3. The molecule has 8 heteroatoms. The molecule has 2 rings (SSSR count). The molecule has 0 radical (unpaired) electrons. The zero-order chi connectivity index (χ0) is 14.8. The number of halogens is 3. The lowest BCUT2D eigenvalue weighted by Gasteiger charge is -2.10. The highest BCUT2D eigenvalue weighted by molar-refractivity contribution is 5.38. The molecule has 0 bridgehead atoms. The minimum absolute atomic E-state index is 0.0825. The molecule has 2 aromatic rings. The summed E-state index contributed by atoms with van der Waals surface area (Å²) in [6.07, 6.45) is -4.43. The van der Waals surface area contributed by atoms with Gasteiger partial charge in [0.15, 0.2) is 0 Å². The van der Waals surface area contributed by atoms with E-state index in [2.05, 4.69) is 10.3 Å². The fourth-order valence-electron chi connectivity index (χ4n) is 1.76. The second-order valence-electron chi connectivity index (χ2n) is 4.03. The summed E-state index contributed by atoms with van der Waals surface area (Å²) in [4.78, 5) is 0. The second kappa shape index (κ2) is 5.59. The highest BCUT2D eigenvalue weighted by atomic mass is 19.4. The first-order chi connectivity index (χ1) is 9.47. The number of aliphatic hydroxyl groups excluding tert-OH is 1. The monoisotopic (exact) mass is 287 g/mol. The van der Waals surface area contributed by atoms with Crippen LogP contribution in [0.1, 0.15) is 17.0 Å². The van der Waals surface area contributed by atoms with E-state index in [1.54, 1.807) is 0 Å². The quantitative estimate of drug-likeness (QED) is 0.933. The molecule has 0 amide bonds. The number of aliphatic hydroxyl groups is 1. The summed E-state index contributed by atoms with van der Waals surface area (Å²) in [6.45, 7) is -0.281. The first-order valence-electron chi connectivity index (χ1n) is 5.68. The van der Waals surface area contributed by atoms with E-state index >= 15 is 0 Å². The van der Waals surface area contributed by atoms with Gasteiger partial charge < -0.3 is 9.84 Å². The van der Waals surface area contributed by atoms with Gasteiger partial charge in [-0.2, -0.15) is 13.2 Å². The molecule has 0 fully saturated rings. The summed E-state index contributed by atoms with van der Waals surface area (Å²) < 4.78 is 44.3. The van der Waals surface area contributed by atoms with Gasteiger partial charge in [-0.3, -0.25) is 0 Å². The van der Waals surface area contributed by atoms with Crippen molar-refractivity contribution in [3.63, 3.8) is 0 Å². The van der Waals surface area contributed by atoms with Crippen molar-refractivity contribution in [1.82, 2.24) is 15.0 Å². The Bertz CT molecular complexity index is 596. The van der Waals surface area contributed by atoms with Crippen LogP contribution in [0.3, 0.4) is 0 Å². The molecule has 5 nitrogen and oxygen atoms in total. The third-order valence-electron chi connectivity index (χ3n) is 2.69.